The van der Waals surface area contributed by atoms with Crippen LogP contribution in [-0.2, 0) is 14.8 Å². The van der Waals surface area contributed by atoms with Crippen molar-refractivity contribution in [3.8, 4) is 5.69 Å². The second-order valence-electron chi connectivity index (χ2n) is 6.00. The summed E-state index contributed by atoms with van der Waals surface area (Å²) in [6.45, 7) is 0. The number of carboxylic acid groups (broad SMARTS) is 1. The Bertz CT molecular complexity index is 1120. The Morgan fingerprint density at radius 2 is 1.83 bits per heavy atom. The van der Waals surface area contributed by atoms with Crippen LogP contribution in [0.15, 0.2) is 71.9 Å². The summed E-state index contributed by atoms with van der Waals surface area (Å²) in [4.78, 5) is 11.7. The number of hydrogen-bond donors (Lipinski definition) is 2. The van der Waals surface area contributed by atoms with Crippen molar-refractivity contribution in [2.75, 3.05) is 0 Å². The Labute approximate surface area is 183 Å². The summed E-state index contributed by atoms with van der Waals surface area (Å²) >= 11 is 5.00. The van der Waals surface area contributed by atoms with Crippen LogP contribution in [0.25, 0.3) is 5.69 Å². The number of rotatable bonds is 8. The van der Waals surface area contributed by atoms with Gasteiger partial charge in [-0.15, -0.1) is 20.7 Å². The number of hydrogen-bond acceptors (Lipinski definition) is 4. The van der Waals surface area contributed by atoms with Crippen molar-refractivity contribution in [2.45, 2.75) is 14.9 Å². The first kappa shape index (κ1) is 21.6. The summed E-state index contributed by atoms with van der Waals surface area (Å²) in [7, 11) is -4.11. The van der Waals surface area contributed by atoms with Gasteiger partial charge < -0.3 is 5.11 Å². The zero-order valence-corrected chi connectivity index (χ0v) is 18.7. The zero-order valence-electron chi connectivity index (χ0n) is 14.9. The quantitative estimate of drug-likeness (QED) is 0.334. The molecule has 0 saturated heterocycles. The second kappa shape index (κ2) is 9.16. The molecule has 10 heteroatoms. The Morgan fingerprint density at radius 3 is 2.41 bits per heavy atom. The highest BCUT2D eigenvalue weighted by Gasteiger charge is 2.33. The van der Waals surface area contributed by atoms with Gasteiger partial charge in [0.25, 0.3) is 0 Å². The van der Waals surface area contributed by atoms with E-state index < -0.39 is 46.7 Å². The fourth-order valence-corrected chi connectivity index (χ4v) is 6.08. The molecule has 0 bridgehead atoms. The summed E-state index contributed by atoms with van der Waals surface area (Å²) in [6, 6.07) is 14.3. The number of alkyl halides is 1. The van der Waals surface area contributed by atoms with E-state index in [2.05, 4.69) is 14.3 Å². The molecular weight excluding hydrogens is 529 g/mol. The van der Waals surface area contributed by atoms with Gasteiger partial charge in [0.05, 0.1) is 22.0 Å². The lowest BCUT2D eigenvalue weighted by molar-refractivity contribution is -0.138. The fourth-order valence-electron chi connectivity index (χ4n) is 2.66. The van der Waals surface area contributed by atoms with Crippen LogP contribution in [0.2, 0.25) is 5.02 Å². The van der Waals surface area contributed by atoms with Crippen molar-refractivity contribution in [2.24, 2.45) is 0 Å². The highest BCUT2D eigenvalue weighted by atomic mass is 127. The molecule has 1 heterocycles. The molecule has 7 nitrogen and oxygen atoms in total. The van der Waals surface area contributed by atoms with Gasteiger partial charge in [0.2, 0.25) is 10.0 Å². The van der Waals surface area contributed by atoms with E-state index in [1.807, 2.05) is 6.07 Å². The number of sulfonamides is 1. The van der Waals surface area contributed by atoms with Gasteiger partial charge in [-0.25, -0.2) is 13.1 Å². The molecule has 2 atom stereocenters. The Hall–Kier alpha value is -2.08. The largest absolute Gasteiger partial charge is 0.480 e. The zero-order chi connectivity index (χ0) is 21.0. The third kappa shape index (κ3) is 5.10. The third-order valence-corrected chi connectivity index (χ3v) is 8.12. The van der Waals surface area contributed by atoms with E-state index in [0.717, 1.165) is 5.56 Å². The first-order valence-corrected chi connectivity index (χ1v) is 12.9. The highest BCUT2D eigenvalue weighted by molar-refractivity contribution is 14.2. The molecule has 0 saturated carbocycles. The van der Waals surface area contributed by atoms with Gasteiger partial charge in [0, 0.05) is 5.02 Å². The highest BCUT2D eigenvalue weighted by Crippen LogP contribution is 2.31. The van der Waals surface area contributed by atoms with Crippen molar-refractivity contribution in [1.29, 1.82) is 0 Å². The molecule has 2 N–H and O–H groups in total. The van der Waals surface area contributed by atoms with Crippen molar-refractivity contribution in [3.05, 3.63) is 77.6 Å². The average Bonchev–Trinajstić information content (AvgIpc) is 3.20. The second-order valence-corrected chi connectivity index (χ2v) is 10.4. The van der Waals surface area contributed by atoms with E-state index >= 15 is 0 Å². The van der Waals surface area contributed by atoms with Gasteiger partial charge in [-0.1, -0.05) is 46.4 Å². The molecule has 152 valence electrons. The Kier molecular flexibility index (Phi) is 6.83. The first-order valence-electron chi connectivity index (χ1n) is 8.29. The van der Waals surface area contributed by atoms with Gasteiger partial charge in [-0.2, -0.15) is 9.82 Å². The minimum atomic E-state index is -4.11. The smallest absolute Gasteiger partial charge is 0.323 e. The predicted octanol–water partition coefficient (Wildman–Crippen LogP) is 3.40. The lowest BCUT2D eigenvalue weighted by Crippen LogP contribution is -2.43. The Balaban J connectivity index is 1.89. The van der Waals surface area contributed by atoms with E-state index in [4.69, 9.17) is 11.6 Å². The number of benzene rings is 2. The van der Waals surface area contributed by atoms with E-state index in [0.29, 0.717) is 10.7 Å². The van der Waals surface area contributed by atoms with Crippen molar-refractivity contribution < 1.29 is 18.3 Å². The molecule has 0 aliphatic carbocycles. The Morgan fingerprint density at radius 1 is 1.17 bits per heavy atom. The minimum Gasteiger partial charge on any atom is -0.480 e. The molecule has 0 aliphatic heterocycles. The number of nitrogens with one attached hydrogen (secondary N) is 1. The molecule has 0 amide bonds. The lowest BCUT2D eigenvalue weighted by atomic mass is 10.1. The van der Waals surface area contributed by atoms with Crippen LogP contribution in [0, 0.1) is 0 Å². The standard InChI is InChI=1S/C19H17ClIN3O4S/c1-21-17(13-5-3-2-4-6-13)18(19(25)26)23-29(27,28)16-11-22-24(12-16)15-9-7-14(20)8-10-15/h2-12,17-18,23H,1H2,(H,25,26)/t17-,18?/m1/s1. The first-order chi connectivity index (χ1) is 13.8. The summed E-state index contributed by atoms with van der Waals surface area (Å²) in [6.07, 6.45) is 2.49. The van der Waals surface area contributed by atoms with Gasteiger partial charge in [0.1, 0.15) is 10.9 Å². The normalized spacial score (nSPS) is 13.7. The number of carboxylic acids is 1. The number of halogens is 2. The summed E-state index contributed by atoms with van der Waals surface area (Å²) in [5.74, 6) is -1.25. The van der Waals surface area contributed by atoms with Crippen LogP contribution in [0.3, 0.4) is 0 Å². The van der Waals surface area contributed by atoms with Crippen LogP contribution < -0.4 is 4.72 Å². The van der Waals surface area contributed by atoms with Gasteiger partial charge >= 0.3 is 5.97 Å². The summed E-state index contributed by atoms with van der Waals surface area (Å²) in [5.41, 5.74) is 1.36. The molecule has 1 unspecified atom stereocenters. The molecule has 1 aromatic heterocycles. The van der Waals surface area contributed by atoms with Crippen molar-refractivity contribution in [1.82, 2.24) is 14.5 Å². The fraction of sp³-hybridized carbons (Fsp3) is 0.105. The van der Waals surface area contributed by atoms with E-state index in [-0.39, 0.29) is 4.90 Å². The lowest BCUT2D eigenvalue weighted by Gasteiger charge is -2.21. The van der Waals surface area contributed by atoms with Crippen LogP contribution in [-0.4, -0.2) is 39.8 Å². The average molecular weight is 546 g/mol. The molecular formula is C19H17ClIN3O4S. The summed E-state index contributed by atoms with van der Waals surface area (Å²) < 4.78 is 32.8. The van der Waals surface area contributed by atoms with Gasteiger partial charge in [-0.05, 0) is 29.8 Å². The van der Waals surface area contributed by atoms with E-state index in [1.165, 1.54) is 17.1 Å². The van der Waals surface area contributed by atoms with Crippen molar-refractivity contribution >= 4 is 52.8 Å². The third-order valence-electron chi connectivity index (χ3n) is 4.09. The number of nitrogens with zero attached hydrogens (tertiary/aromatic N) is 2. The van der Waals surface area contributed by atoms with E-state index in [9.17, 15) is 18.3 Å². The maximum atomic E-state index is 12.8. The van der Waals surface area contributed by atoms with Crippen molar-refractivity contribution in [3.63, 3.8) is 0 Å². The van der Waals surface area contributed by atoms with Gasteiger partial charge in [-0.3, -0.25) is 4.79 Å². The molecule has 0 fully saturated rings. The molecule has 29 heavy (non-hydrogen) atoms. The van der Waals surface area contributed by atoms with E-state index in [1.54, 1.807) is 48.5 Å². The maximum absolute atomic E-state index is 12.8. The number of carbonyl (C=O) groups is 1. The molecule has 3 rings (SSSR count). The van der Waals surface area contributed by atoms with Gasteiger partial charge in [0.15, 0.2) is 0 Å². The topological polar surface area (TPSA) is 101 Å². The molecule has 0 aliphatic rings. The van der Waals surface area contributed by atoms with Crippen LogP contribution in [0.5, 0.6) is 0 Å². The monoisotopic (exact) mass is 545 g/mol. The molecule has 0 radical (unpaired) electrons. The van der Waals surface area contributed by atoms with Crippen LogP contribution >= 0.6 is 32.3 Å². The number of aliphatic carboxylic acids is 1. The molecule has 0 spiro atoms. The predicted molar refractivity (Wildman–Crippen MR) is 121 cm³/mol. The van der Waals surface area contributed by atoms with Crippen LogP contribution in [0.4, 0.5) is 0 Å². The maximum Gasteiger partial charge on any atom is 0.323 e. The molecule has 3 aromatic rings. The molecule has 2 aromatic carbocycles. The minimum absolute atomic E-state index is 0.132. The SMILES string of the molecule is C=I[C@H](c1ccccc1)C(NS(=O)(=O)c1cnn(-c2ccc(Cl)cc2)c1)C(=O)O. The number of aromatic nitrogens is 2. The van der Waals surface area contributed by atoms with Crippen LogP contribution in [0.1, 0.15) is 9.49 Å². The summed E-state index contributed by atoms with van der Waals surface area (Å²) in [5, 5.41) is 14.3.